The van der Waals surface area contributed by atoms with Crippen LogP contribution >= 0.6 is 0 Å². The van der Waals surface area contributed by atoms with Gasteiger partial charge in [0.2, 0.25) is 0 Å². The van der Waals surface area contributed by atoms with Crippen LogP contribution in [0.2, 0.25) is 0 Å². The fraction of sp³-hybridized carbons (Fsp3) is 0.860. The molecule has 24 nitrogen and oxygen atoms in total. The average Bonchev–Trinajstić information content (AvgIpc) is 0.920. The van der Waals surface area contributed by atoms with Gasteiger partial charge in [-0.1, -0.05) is 59.3 Å². The minimum atomic E-state index is -2.07. The molecule has 0 radical (unpaired) electrons. The van der Waals surface area contributed by atoms with Crippen LogP contribution in [0.4, 0.5) is 0 Å². The zero-order chi connectivity index (χ0) is 60.0. The van der Waals surface area contributed by atoms with Crippen LogP contribution in [0.5, 0.6) is 0 Å². The van der Waals surface area contributed by atoms with Crippen molar-refractivity contribution in [1.82, 2.24) is 0 Å². The number of rotatable bonds is 14. The summed E-state index contributed by atoms with van der Waals surface area (Å²) in [4.78, 5) is 51.2. The molecule has 11 N–H and O–H groups in total. The first kappa shape index (κ1) is 63.7. The van der Waals surface area contributed by atoms with Crippen molar-refractivity contribution >= 4 is 23.9 Å². The molecule has 0 aromatic rings. The van der Waals surface area contributed by atoms with Crippen LogP contribution in [-0.4, -0.2) is 216 Å². The molecule has 27 atom stereocenters. The summed E-state index contributed by atoms with van der Waals surface area (Å²) >= 11 is 0. The van der Waals surface area contributed by atoms with E-state index in [1.165, 1.54) is 26.8 Å². The summed E-state index contributed by atoms with van der Waals surface area (Å²) in [5.74, 6) is -4.77. The van der Waals surface area contributed by atoms with E-state index in [4.69, 9.17) is 42.6 Å². The summed E-state index contributed by atoms with van der Waals surface area (Å²) in [5, 5.41) is 123. The molecule has 81 heavy (non-hydrogen) atoms. The van der Waals surface area contributed by atoms with Gasteiger partial charge in [-0.25, -0.2) is 9.59 Å². The third-order valence-corrected chi connectivity index (χ3v) is 21.3. The molecule has 0 aromatic heterocycles. The Bertz CT molecular complexity index is 2400. The molecule has 4 saturated carbocycles. The smallest absolute Gasteiger partial charge is 0.335 e. The average molecular weight is 1160 g/mol. The standard InChI is InChI=1S/C57H88O24/c1-12-24(2)48(72)78-42-40(69)50(73-25(3)41(42)74-26(4)61)81-45-46(75-27(5)62)57(23-60)29(19-52(45,6)7)28-13-14-32-53(8)17-16-34(54(9,22-59)31(53)15-18-55(32,10)56(28,11)20-33(57)63)77-51-44(38(67)37(66)43(79-51)47(70)71)80-49-39(68)36(65)35(64)30(21-58)76-49/h12-13,25,29-46,49-51,58-60,63-69H,14-23H2,1-11H3,(H,70,71)/b24-12-/t25-,29+,30-,31-,32-,33-,34+,35-,36+,37+,38+,39-,40-,41+,42-,43+,44-,45+,46+,49+,50+,51-,53+,54-,55-,56-,57+/m1/s1. The maximum absolute atomic E-state index is 13.3. The van der Waals surface area contributed by atoms with Gasteiger partial charge in [0.15, 0.2) is 37.2 Å². The van der Waals surface area contributed by atoms with Gasteiger partial charge >= 0.3 is 23.9 Å². The van der Waals surface area contributed by atoms with Crippen molar-refractivity contribution in [1.29, 1.82) is 0 Å². The molecule has 5 aliphatic carbocycles. The second-order valence-electron chi connectivity index (χ2n) is 26.1. The molecule has 8 rings (SSSR count). The zero-order valence-electron chi connectivity index (χ0n) is 48.2. The van der Waals surface area contributed by atoms with Crippen LogP contribution in [0.15, 0.2) is 23.3 Å². The molecule has 7 fully saturated rings. The number of carbonyl (C=O) groups is 4. The number of esters is 3. The van der Waals surface area contributed by atoms with Crippen LogP contribution in [0.25, 0.3) is 0 Å². The quantitative estimate of drug-likeness (QED) is 0.0366. The van der Waals surface area contributed by atoms with Gasteiger partial charge in [-0.05, 0) is 105 Å². The van der Waals surface area contributed by atoms with Crippen LogP contribution < -0.4 is 0 Å². The Morgan fingerprint density at radius 2 is 1.32 bits per heavy atom. The van der Waals surface area contributed by atoms with E-state index >= 15 is 0 Å². The van der Waals surface area contributed by atoms with E-state index in [2.05, 4.69) is 26.8 Å². The Morgan fingerprint density at radius 3 is 1.91 bits per heavy atom. The minimum Gasteiger partial charge on any atom is -0.479 e. The van der Waals surface area contributed by atoms with Gasteiger partial charge in [0.1, 0.15) is 61.0 Å². The molecule has 3 saturated heterocycles. The first-order chi connectivity index (χ1) is 37.8. The third-order valence-electron chi connectivity index (χ3n) is 21.3. The van der Waals surface area contributed by atoms with Crippen molar-refractivity contribution in [3.63, 3.8) is 0 Å². The van der Waals surface area contributed by atoms with Crippen molar-refractivity contribution in [2.75, 3.05) is 19.8 Å². The molecule has 0 aromatic carbocycles. The fourth-order valence-corrected chi connectivity index (χ4v) is 16.5. The van der Waals surface area contributed by atoms with Crippen molar-refractivity contribution in [3.8, 4) is 0 Å². The van der Waals surface area contributed by atoms with Gasteiger partial charge in [0.05, 0.1) is 43.5 Å². The van der Waals surface area contributed by atoms with Gasteiger partial charge in [0, 0.05) is 24.8 Å². The minimum absolute atomic E-state index is 0.0851. The number of carboxylic acid groups (broad SMARTS) is 1. The van der Waals surface area contributed by atoms with E-state index in [-0.39, 0.29) is 30.3 Å². The molecule has 3 aliphatic heterocycles. The lowest BCUT2D eigenvalue weighted by molar-refractivity contribution is -0.375. The summed E-state index contributed by atoms with van der Waals surface area (Å²) < 4.78 is 54.5. The normalized spacial score (nSPS) is 49.6. The lowest BCUT2D eigenvalue weighted by Crippen LogP contribution is -2.73. The molecular formula is C57H88O24. The Morgan fingerprint density at radius 1 is 0.667 bits per heavy atom. The highest BCUT2D eigenvalue weighted by Crippen LogP contribution is 2.76. The molecule has 8 aliphatic rings. The summed E-state index contributed by atoms with van der Waals surface area (Å²) in [6.45, 7) is 17.5. The van der Waals surface area contributed by atoms with Crippen LogP contribution in [0.3, 0.4) is 0 Å². The number of aliphatic hydroxyl groups is 10. The van der Waals surface area contributed by atoms with Crippen LogP contribution in [-0.2, 0) is 61.8 Å². The van der Waals surface area contributed by atoms with Crippen molar-refractivity contribution in [2.24, 2.45) is 50.2 Å². The van der Waals surface area contributed by atoms with E-state index in [1.54, 1.807) is 13.8 Å². The number of hydrogen-bond donors (Lipinski definition) is 11. The SMILES string of the molecule is C/C=C(/C)C(=O)O[C@@H]1[C@@H](O)[C@H](O[C@H]2[C@H](OC(C)=O)[C@]3(CO)[C@H](O)C[C@]4(C)C(=CC[C@@H]5[C@@]6(C)CC[C@H](O[C@@H]7O[C@H](C(=O)O)[C@@H](O)[C@H](O)[C@H]7O[C@@H]7O[C@H](CO)[C@@H](O)[C@H](O)[C@H]7O)[C@](C)(CO)[C@@H]6CC[C@]54C)[C@@H]3CC2(C)C)O[C@H](C)[C@@H]1OC(C)=O. The summed E-state index contributed by atoms with van der Waals surface area (Å²) in [5.41, 5.74) is -4.16. The number of allylic oxidation sites excluding steroid dienone is 3. The highest BCUT2D eigenvalue weighted by molar-refractivity contribution is 5.87. The lowest BCUT2D eigenvalue weighted by atomic mass is 9.33. The molecule has 0 amide bonds. The first-order valence-corrected chi connectivity index (χ1v) is 28.4. The van der Waals surface area contributed by atoms with Crippen molar-refractivity contribution in [2.45, 2.75) is 238 Å². The van der Waals surface area contributed by atoms with Gasteiger partial charge in [-0.3, -0.25) is 9.59 Å². The summed E-state index contributed by atoms with van der Waals surface area (Å²) in [6.07, 6.45) is -23.5. The van der Waals surface area contributed by atoms with Gasteiger partial charge in [-0.15, -0.1) is 0 Å². The topological polar surface area (TPSA) is 374 Å². The number of aliphatic carboxylic acids is 1. The van der Waals surface area contributed by atoms with Gasteiger partial charge in [0.25, 0.3) is 0 Å². The van der Waals surface area contributed by atoms with E-state index < -0.39 is 199 Å². The van der Waals surface area contributed by atoms with E-state index in [9.17, 15) is 75.3 Å². The number of carboxylic acids is 1. The van der Waals surface area contributed by atoms with E-state index in [0.29, 0.717) is 32.1 Å². The van der Waals surface area contributed by atoms with Crippen LogP contribution in [0.1, 0.15) is 121 Å². The molecule has 24 heteroatoms. The number of aliphatic hydroxyl groups excluding tert-OH is 10. The summed E-state index contributed by atoms with van der Waals surface area (Å²) in [7, 11) is 0. The largest absolute Gasteiger partial charge is 0.479 e. The maximum atomic E-state index is 13.3. The Balaban J connectivity index is 1.09. The van der Waals surface area contributed by atoms with E-state index in [0.717, 1.165) is 5.57 Å². The Kier molecular flexibility index (Phi) is 18.2. The predicted octanol–water partition coefficient (Wildman–Crippen LogP) is 0.277. The monoisotopic (exact) mass is 1160 g/mol. The predicted molar refractivity (Wildman–Crippen MR) is 277 cm³/mol. The molecular weight excluding hydrogens is 1070 g/mol. The number of hydrogen-bond acceptors (Lipinski definition) is 23. The van der Waals surface area contributed by atoms with Crippen molar-refractivity contribution in [3.05, 3.63) is 23.3 Å². The molecule has 0 spiro atoms. The van der Waals surface area contributed by atoms with Crippen molar-refractivity contribution < 1.29 is 118 Å². The second kappa shape index (κ2) is 23.2. The highest BCUT2D eigenvalue weighted by atomic mass is 16.8. The lowest BCUT2D eigenvalue weighted by Gasteiger charge is -2.73. The number of ether oxygens (including phenoxy) is 9. The number of carbonyl (C=O) groups excluding carboxylic acids is 3. The Labute approximate surface area is 471 Å². The van der Waals surface area contributed by atoms with E-state index in [1.807, 2.05) is 20.8 Å². The fourth-order valence-electron chi connectivity index (χ4n) is 16.5. The molecule has 460 valence electrons. The Hall–Kier alpha value is -3.28. The van der Waals surface area contributed by atoms with Crippen LogP contribution in [0, 0.1) is 50.2 Å². The zero-order valence-corrected chi connectivity index (χ0v) is 48.2. The first-order valence-electron chi connectivity index (χ1n) is 28.4. The molecule has 0 unspecified atom stereocenters. The third kappa shape index (κ3) is 10.4. The second-order valence-corrected chi connectivity index (χ2v) is 26.1. The number of fused-ring (bicyclic) bond motifs is 7. The highest BCUT2D eigenvalue weighted by Gasteiger charge is 2.74. The molecule has 0 bridgehead atoms. The maximum Gasteiger partial charge on any atom is 0.335 e. The summed E-state index contributed by atoms with van der Waals surface area (Å²) in [6, 6.07) is 0. The molecule has 3 heterocycles. The van der Waals surface area contributed by atoms with Gasteiger partial charge < -0.3 is 98.8 Å². The van der Waals surface area contributed by atoms with Gasteiger partial charge in [-0.2, -0.15) is 0 Å².